The van der Waals surface area contributed by atoms with Crippen molar-refractivity contribution in [3.63, 3.8) is 0 Å². The van der Waals surface area contributed by atoms with Gasteiger partial charge in [-0.3, -0.25) is 0 Å². The van der Waals surface area contributed by atoms with Gasteiger partial charge in [0.15, 0.2) is 0 Å². The van der Waals surface area contributed by atoms with E-state index in [1.165, 1.54) is 0 Å². The number of ether oxygens (including phenoxy) is 1. The highest BCUT2D eigenvalue weighted by atomic mass is 19.4. The number of nitrogens with zero attached hydrogens (tertiary/aromatic N) is 1. The predicted molar refractivity (Wildman–Crippen MR) is 67.5 cm³/mol. The molecule has 0 bridgehead atoms. The SMILES string of the molecule is NCC1(COc2ccc(C(F)(F)F)cn2)CC(O)C(O)C1. The van der Waals surface area contributed by atoms with Crippen LogP contribution in [0.15, 0.2) is 18.3 Å². The minimum Gasteiger partial charge on any atom is -0.477 e. The molecule has 21 heavy (non-hydrogen) atoms. The summed E-state index contributed by atoms with van der Waals surface area (Å²) >= 11 is 0. The van der Waals surface area contributed by atoms with E-state index >= 15 is 0 Å². The van der Waals surface area contributed by atoms with Crippen LogP contribution in [0.3, 0.4) is 0 Å². The molecule has 2 atom stereocenters. The first-order valence-corrected chi connectivity index (χ1v) is 6.48. The lowest BCUT2D eigenvalue weighted by Gasteiger charge is -2.26. The molecule has 1 aliphatic rings. The zero-order valence-corrected chi connectivity index (χ0v) is 11.2. The molecule has 2 rings (SSSR count). The summed E-state index contributed by atoms with van der Waals surface area (Å²) in [5.41, 5.74) is 4.22. The molecule has 0 saturated heterocycles. The molecule has 1 aromatic rings. The van der Waals surface area contributed by atoms with Crippen molar-refractivity contribution in [3.8, 4) is 5.88 Å². The van der Waals surface area contributed by atoms with Gasteiger partial charge in [-0.15, -0.1) is 0 Å². The molecule has 1 aromatic heterocycles. The third-order valence-corrected chi connectivity index (χ3v) is 3.75. The predicted octanol–water partition coefficient (Wildman–Crippen LogP) is 0.940. The van der Waals surface area contributed by atoms with Crippen LogP contribution in [-0.2, 0) is 6.18 Å². The van der Waals surface area contributed by atoms with E-state index in [4.69, 9.17) is 10.5 Å². The smallest absolute Gasteiger partial charge is 0.417 e. The van der Waals surface area contributed by atoms with Gasteiger partial charge in [0.25, 0.3) is 0 Å². The van der Waals surface area contributed by atoms with Crippen molar-refractivity contribution in [2.24, 2.45) is 11.1 Å². The summed E-state index contributed by atoms with van der Waals surface area (Å²) in [6.07, 6.45) is -4.90. The van der Waals surface area contributed by atoms with Crippen molar-refractivity contribution >= 4 is 0 Å². The third-order valence-electron chi connectivity index (χ3n) is 3.75. The van der Waals surface area contributed by atoms with Crippen LogP contribution < -0.4 is 10.5 Å². The Morgan fingerprint density at radius 2 is 1.90 bits per heavy atom. The molecule has 0 aromatic carbocycles. The number of halogens is 3. The number of alkyl halides is 3. The van der Waals surface area contributed by atoms with Gasteiger partial charge >= 0.3 is 6.18 Å². The van der Waals surface area contributed by atoms with Crippen LogP contribution in [0.2, 0.25) is 0 Å². The Labute approximate surface area is 119 Å². The third kappa shape index (κ3) is 3.63. The molecule has 1 heterocycles. The molecule has 4 N–H and O–H groups in total. The number of pyridine rings is 1. The maximum absolute atomic E-state index is 12.4. The van der Waals surface area contributed by atoms with E-state index in [0.29, 0.717) is 6.20 Å². The minimum absolute atomic E-state index is 0.0479. The zero-order valence-electron chi connectivity index (χ0n) is 11.2. The first-order chi connectivity index (χ1) is 9.76. The quantitative estimate of drug-likeness (QED) is 0.770. The van der Waals surface area contributed by atoms with E-state index in [2.05, 4.69) is 4.98 Å². The van der Waals surface area contributed by atoms with Gasteiger partial charge in [-0.1, -0.05) is 0 Å². The van der Waals surface area contributed by atoms with Gasteiger partial charge in [0.05, 0.1) is 24.4 Å². The summed E-state index contributed by atoms with van der Waals surface area (Å²) in [6, 6.07) is 2.02. The normalized spacial score (nSPS) is 29.6. The largest absolute Gasteiger partial charge is 0.477 e. The van der Waals surface area contributed by atoms with Crippen LogP contribution in [0, 0.1) is 5.41 Å². The average molecular weight is 306 g/mol. The van der Waals surface area contributed by atoms with Crippen molar-refractivity contribution in [2.75, 3.05) is 13.2 Å². The van der Waals surface area contributed by atoms with Crippen molar-refractivity contribution in [2.45, 2.75) is 31.2 Å². The second kappa shape index (κ2) is 5.78. The van der Waals surface area contributed by atoms with Crippen molar-refractivity contribution in [3.05, 3.63) is 23.9 Å². The summed E-state index contributed by atoms with van der Waals surface area (Å²) < 4.78 is 42.6. The van der Waals surface area contributed by atoms with Crippen LogP contribution in [-0.4, -0.2) is 40.6 Å². The molecule has 1 saturated carbocycles. The molecule has 118 valence electrons. The van der Waals surface area contributed by atoms with E-state index in [1.54, 1.807) is 0 Å². The molecular formula is C13H17F3N2O3. The maximum Gasteiger partial charge on any atom is 0.417 e. The second-order valence-corrected chi connectivity index (χ2v) is 5.42. The van der Waals surface area contributed by atoms with Crippen LogP contribution in [0.5, 0.6) is 5.88 Å². The fourth-order valence-corrected chi connectivity index (χ4v) is 2.45. The van der Waals surface area contributed by atoms with Gasteiger partial charge < -0.3 is 20.7 Å². The van der Waals surface area contributed by atoms with Gasteiger partial charge in [-0.2, -0.15) is 13.2 Å². The van der Waals surface area contributed by atoms with Crippen molar-refractivity contribution < 1.29 is 28.1 Å². The van der Waals surface area contributed by atoms with Crippen LogP contribution >= 0.6 is 0 Å². The van der Waals surface area contributed by atoms with Crippen molar-refractivity contribution in [1.29, 1.82) is 0 Å². The van der Waals surface area contributed by atoms with E-state index in [9.17, 15) is 23.4 Å². The molecule has 1 aliphatic carbocycles. The highest BCUT2D eigenvalue weighted by Gasteiger charge is 2.44. The molecule has 8 heteroatoms. The fourth-order valence-electron chi connectivity index (χ4n) is 2.45. The van der Waals surface area contributed by atoms with Gasteiger partial charge in [0.2, 0.25) is 5.88 Å². The summed E-state index contributed by atoms with van der Waals surface area (Å²) in [5, 5.41) is 19.2. The summed E-state index contributed by atoms with van der Waals surface area (Å²) in [5.74, 6) is 0.0479. The number of nitrogens with two attached hydrogens (primary N) is 1. The van der Waals surface area contributed by atoms with Gasteiger partial charge in [-0.25, -0.2) is 4.98 Å². The van der Waals surface area contributed by atoms with E-state index in [0.717, 1.165) is 12.1 Å². The Morgan fingerprint density at radius 1 is 1.29 bits per heavy atom. The topological polar surface area (TPSA) is 88.6 Å². The summed E-state index contributed by atoms with van der Waals surface area (Å²) in [4.78, 5) is 3.60. The first-order valence-electron chi connectivity index (χ1n) is 6.48. The molecule has 1 fully saturated rings. The summed E-state index contributed by atoms with van der Waals surface area (Å²) in [6.45, 7) is 0.276. The molecule has 0 amide bonds. The number of rotatable bonds is 4. The lowest BCUT2D eigenvalue weighted by Crippen LogP contribution is -2.35. The van der Waals surface area contributed by atoms with Crippen LogP contribution in [0.25, 0.3) is 0 Å². The molecule has 0 radical (unpaired) electrons. The Bertz CT molecular complexity index is 469. The standard InChI is InChI=1S/C13H17F3N2O3/c14-13(15,16)8-1-2-11(18-5-8)21-7-12(6-17)3-9(19)10(20)4-12/h1-2,5,9-10,19-20H,3-4,6-7,17H2. The van der Waals surface area contributed by atoms with E-state index in [-0.39, 0.29) is 31.9 Å². The number of aromatic nitrogens is 1. The number of hydrogen-bond acceptors (Lipinski definition) is 5. The molecule has 0 aliphatic heterocycles. The fraction of sp³-hybridized carbons (Fsp3) is 0.615. The van der Waals surface area contributed by atoms with Gasteiger partial charge in [0, 0.05) is 24.2 Å². The zero-order chi connectivity index (χ0) is 15.7. The Balaban J connectivity index is 1.99. The van der Waals surface area contributed by atoms with E-state index in [1.807, 2.05) is 0 Å². The monoisotopic (exact) mass is 306 g/mol. The average Bonchev–Trinajstić information content (AvgIpc) is 2.72. The lowest BCUT2D eigenvalue weighted by molar-refractivity contribution is -0.137. The Morgan fingerprint density at radius 3 is 2.33 bits per heavy atom. The first kappa shape index (κ1) is 16.0. The lowest BCUT2D eigenvalue weighted by atomic mass is 9.87. The maximum atomic E-state index is 12.4. The number of aliphatic hydroxyl groups excluding tert-OH is 2. The van der Waals surface area contributed by atoms with Crippen LogP contribution in [0.1, 0.15) is 18.4 Å². The highest BCUT2D eigenvalue weighted by molar-refractivity contribution is 5.20. The van der Waals surface area contributed by atoms with Gasteiger partial charge in [0.1, 0.15) is 0 Å². The minimum atomic E-state index is -4.44. The molecule has 0 spiro atoms. The molecular weight excluding hydrogens is 289 g/mol. The van der Waals surface area contributed by atoms with Gasteiger partial charge in [-0.05, 0) is 18.9 Å². The molecule has 2 unspecified atom stereocenters. The second-order valence-electron chi connectivity index (χ2n) is 5.42. The Kier molecular flexibility index (Phi) is 4.40. The van der Waals surface area contributed by atoms with Crippen molar-refractivity contribution in [1.82, 2.24) is 4.98 Å². The van der Waals surface area contributed by atoms with E-state index < -0.39 is 29.4 Å². The Hall–Kier alpha value is -1.38. The van der Waals surface area contributed by atoms with Crippen LogP contribution in [0.4, 0.5) is 13.2 Å². The highest BCUT2D eigenvalue weighted by Crippen LogP contribution is 2.38. The summed E-state index contributed by atoms with van der Waals surface area (Å²) in [7, 11) is 0. The molecule has 5 nitrogen and oxygen atoms in total. The number of aliphatic hydroxyl groups is 2. The number of hydrogen-bond donors (Lipinski definition) is 3.